The summed E-state index contributed by atoms with van der Waals surface area (Å²) in [6.07, 6.45) is 3.43. The van der Waals surface area contributed by atoms with Gasteiger partial charge in [-0.3, -0.25) is 14.7 Å². The molecule has 0 saturated heterocycles. The number of rotatable bonds is 3. The molecule has 1 N–H and O–H groups in total. The van der Waals surface area contributed by atoms with Crippen LogP contribution < -0.4 is 5.32 Å². The lowest BCUT2D eigenvalue weighted by molar-refractivity contribution is -0.126. The number of nitrogens with one attached hydrogen (secondary N) is 1. The topological polar surface area (TPSA) is 65.5 Å². The second kappa shape index (κ2) is 6.05. The van der Waals surface area contributed by atoms with Crippen LogP contribution in [-0.4, -0.2) is 40.3 Å². The molecule has 0 spiro atoms. The molecule has 1 aromatic carbocycles. The summed E-state index contributed by atoms with van der Waals surface area (Å²) in [5.41, 5.74) is 3.36. The van der Waals surface area contributed by atoms with Crippen LogP contribution in [0, 0.1) is 0 Å². The van der Waals surface area contributed by atoms with E-state index in [-0.39, 0.29) is 11.9 Å². The smallest absolute Gasteiger partial charge is 0.322 e. The number of hydrogen-bond acceptors (Lipinski definition) is 3. The first kappa shape index (κ1) is 15.4. The lowest BCUT2D eigenvalue weighted by atomic mass is 9.96. The SMILES string of the molecule is CN1C(=O)NC(c2ccccc2)C2=C1CN(Cc1ccncc1)C2=O. The second-order valence-electron chi connectivity index (χ2n) is 6.23. The Labute approximate surface area is 145 Å². The van der Waals surface area contributed by atoms with E-state index in [1.165, 1.54) is 0 Å². The first-order valence-corrected chi connectivity index (χ1v) is 8.15. The molecular formula is C19H18N4O2. The first-order chi connectivity index (χ1) is 12.1. The van der Waals surface area contributed by atoms with Crippen LogP contribution in [0.3, 0.4) is 0 Å². The van der Waals surface area contributed by atoms with Crippen molar-refractivity contribution in [1.29, 1.82) is 0 Å². The average Bonchev–Trinajstić information content (AvgIpc) is 2.97. The van der Waals surface area contributed by atoms with Crippen molar-refractivity contribution in [2.45, 2.75) is 12.6 Å². The van der Waals surface area contributed by atoms with Gasteiger partial charge in [0.1, 0.15) is 0 Å². The Morgan fingerprint density at radius 1 is 1.12 bits per heavy atom. The Kier molecular flexibility index (Phi) is 3.72. The monoisotopic (exact) mass is 334 g/mol. The van der Waals surface area contributed by atoms with Gasteiger partial charge in [-0.15, -0.1) is 0 Å². The molecule has 0 radical (unpaired) electrons. The Bertz CT molecular complexity index is 848. The van der Waals surface area contributed by atoms with E-state index in [2.05, 4.69) is 10.3 Å². The van der Waals surface area contributed by atoms with Gasteiger partial charge in [-0.05, 0) is 23.3 Å². The average molecular weight is 334 g/mol. The van der Waals surface area contributed by atoms with E-state index in [0.717, 1.165) is 16.8 Å². The maximum absolute atomic E-state index is 13.1. The molecular weight excluding hydrogens is 316 g/mol. The summed E-state index contributed by atoms with van der Waals surface area (Å²) < 4.78 is 0. The molecule has 2 aliphatic rings. The highest BCUT2D eigenvalue weighted by molar-refractivity contribution is 6.01. The fourth-order valence-electron chi connectivity index (χ4n) is 3.36. The predicted molar refractivity (Wildman–Crippen MR) is 92.2 cm³/mol. The molecule has 1 unspecified atom stereocenters. The van der Waals surface area contributed by atoms with Gasteiger partial charge in [-0.25, -0.2) is 4.79 Å². The van der Waals surface area contributed by atoms with Gasteiger partial charge in [-0.2, -0.15) is 0 Å². The lowest BCUT2D eigenvalue weighted by Crippen LogP contribution is -2.45. The van der Waals surface area contributed by atoms with Gasteiger partial charge in [0, 0.05) is 26.0 Å². The van der Waals surface area contributed by atoms with Crippen LogP contribution in [0.1, 0.15) is 17.2 Å². The van der Waals surface area contributed by atoms with Gasteiger partial charge in [0.15, 0.2) is 0 Å². The molecule has 0 fully saturated rings. The molecule has 2 aromatic rings. The van der Waals surface area contributed by atoms with Crippen molar-refractivity contribution in [3.05, 3.63) is 77.3 Å². The van der Waals surface area contributed by atoms with Gasteiger partial charge in [0.05, 0.1) is 23.9 Å². The van der Waals surface area contributed by atoms with Crippen LogP contribution >= 0.6 is 0 Å². The Morgan fingerprint density at radius 3 is 2.56 bits per heavy atom. The molecule has 4 rings (SSSR count). The lowest BCUT2D eigenvalue weighted by Gasteiger charge is -2.31. The van der Waals surface area contributed by atoms with Crippen LogP contribution in [-0.2, 0) is 11.3 Å². The highest BCUT2D eigenvalue weighted by Crippen LogP contribution is 2.35. The van der Waals surface area contributed by atoms with E-state index >= 15 is 0 Å². The van der Waals surface area contributed by atoms with Gasteiger partial charge < -0.3 is 10.2 Å². The number of nitrogens with zero attached hydrogens (tertiary/aromatic N) is 3. The zero-order valence-corrected chi connectivity index (χ0v) is 13.8. The molecule has 25 heavy (non-hydrogen) atoms. The zero-order chi connectivity index (χ0) is 17.4. The summed E-state index contributed by atoms with van der Waals surface area (Å²) in [4.78, 5) is 32.7. The molecule has 1 aromatic heterocycles. The van der Waals surface area contributed by atoms with Crippen molar-refractivity contribution in [3.8, 4) is 0 Å². The zero-order valence-electron chi connectivity index (χ0n) is 13.8. The van der Waals surface area contributed by atoms with Gasteiger partial charge in [0.25, 0.3) is 5.91 Å². The van der Waals surface area contributed by atoms with E-state index in [1.54, 1.807) is 29.2 Å². The Hall–Kier alpha value is -3.15. The number of amides is 3. The van der Waals surface area contributed by atoms with Crippen LogP contribution in [0.25, 0.3) is 0 Å². The van der Waals surface area contributed by atoms with Gasteiger partial charge in [0.2, 0.25) is 0 Å². The highest BCUT2D eigenvalue weighted by atomic mass is 16.2. The number of urea groups is 1. The second-order valence-corrected chi connectivity index (χ2v) is 6.23. The number of pyridine rings is 1. The Balaban J connectivity index is 1.68. The molecule has 2 aliphatic heterocycles. The normalized spacial score (nSPS) is 20.0. The van der Waals surface area contributed by atoms with Crippen molar-refractivity contribution in [1.82, 2.24) is 20.1 Å². The summed E-state index contributed by atoms with van der Waals surface area (Å²) in [5.74, 6) is -0.0347. The minimum Gasteiger partial charge on any atom is -0.329 e. The van der Waals surface area contributed by atoms with Crippen molar-refractivity contribution in [2.24, 2.45) is 0 Å². The summed E-state index contributed by atoms with van der Waals surface area (Å²) in [6, 6.07) is 12.8. The quantitative estimate of drug-likeness (QED) is 0.934. The third-order valence-corrected chi connectivity index (χ3v) is 4.69. The number of benzene rings is 1. The number of likely N-dealkylation sites (N-methyl/N-ethyl adjacent to an activating group) is 1. The van der Waals surface area contributed by atoms with Gasteiger partial charge >= 0.3 is 6.03 Å². The molecule has 0 saturated carbocycles. The van der Waals surface area contributed by atoms with E-state index < -0.39 is 6.04 Å². The van der Waals surface area contributed by atoms with E-state index in [4.69, 9.17) is 0 Å². The maximum Gasteiger partial charge on any atom is 0.322 e. The van der Waals surface area contributed by atoms with Crippen LogP contribution in [0.2, 0.25) is 0 Å². The summed E-state index contributed by atoms with van der Waals surface area (Å²) in [5, 5.41) is 2.94. The van der Waals surface area contributed by atoms with E-state index in [0.29, 0.717) is 18.7 Å². The van der Waals surface area contributed by atoms with Crippen molar-refractivity contribution in [3.63, 3.8) is 0 Å². The molecule has 6 nitrogen and oxygen atoms in total. The van der Waals surface area contributed by atoms with Crippen LogP contribution in [0.15, 0.2) is 66.1 Å². The fourth-order valence-corrected chi connectivity index (χ4v) is 3.36. The molecule has 3 heterocycles. The minimum atomic E-state index is -0.408. The number of carbonyl (C=O) groups excluding carboxylic acids is 2. The standard InChI is InChI=1S/C19H18N4O2/c1-22-15-12-23(11-13-7-9-20-10-8-13)18(24)16(15)17(21-19(22)25)14-5-3-2-4-6-14/h2-10,17H,11-12H2,1H3,(H,21,25). The van der Waals surface area contributed by atoms with E-state index in [9.17, 15) is 9.59 Å². The molecule has 3 amide bonds. The van der Waals surface area contributed by atoms with Crippen LogP contribution in [0.4, 0.5) is 4.79 Å². The summed E-state index contributed by atoms with van der Waals surface area (Å²) in [7, 11) is 1.70. The maximum atomic E-state index is 13.1. The van der Waals surface area contributed by atoms with Crippen molar-refractivity contribution in [2.75, 3.05) is 13.6 Å². The van der Waals surface area contributed by atoms with Crippen molar-refractivity contribution >= 4 is 11.9 Å². The summed E-state index contributed by atoms with van der Waals surface area (Å²) in [6.45, 7) is 0.932. The number of carbonyl (C=O) groups is 2. The third-order valence-electron chi connectivity index (χ3n) is 4.69. The summed E-state index contributed by atoms with van der Waals surface area (Å²) >= 11 is 0. The number of aromatic nitrogens is 1. The molecule has 0 aliphatic carbocycles. The minimum absolute atomic E-state index is 0.0347. The Morgan fingerprint density at radius 2 is 1.84 bits per heavy atom. The highest BCUT2D eigenvalue weighted by Gasteiger charge is 2.42. The first-order valence-electron chi connectivity index (χ1n) is 8.15. The predicted octanol–water partition coefficient (Wildman–Crippen LogP) is 2.07. The van der Waals surface area contributed by atoms with Gasteiger partial charge in [-0.1, -0.05) is 30.3 Å². The fraction of sp³-hybridized carbons (Fsp3) is 0.211. The van der Waals surface area contributed by atoms with Crippen molar-refractivity contribution < 1.29 is 9.59 Å². The molecule has 1 atom stereocenters. The number of hydrogen-bond donors (Lipinski definition) is 1. The third kappa shape index (κ3) is 2.65. The van der Waals surface area contributed by atoms with Crippen LogP contribution in [0.5, 0.6) is 0 Å². The molecule has 126 valence electrons. The molecule has 0 bridgehead atoms. The largest absolute Gasteiger partial charge is 0.329 e. The molecule has 6 heteroatoms. The van der Waals surface area contributed by atoms with E-state index in [1.807, 2.05) is 42.5 Å².